The lowest BCUT2D eigenvalue weighted by Gasteiger charge is -2.22. The fourth-order valence-electron chi connectivity index (χ4n) is 3.06. The molecule has 1 aromatic carbocycles. The van der Waals surface area contributed by atoms with Gasteiger partial charge >= 0.3 is 0 Å². The smallest absolute Gasteiger partial charge is 0.280 e. The number of hydrogen-bond donors (Lipinski definition) is 2. The van der Waals surface area contributed by atoms with Crippen LogP contribution in [0.5, 0.6) is 0 Å². The number of hydrogen-bond acceptors (Lipinski definition) is 5. The number of thiazole rings is 1. The summed E-state index contributed by atoms with van der Waals surface area (Å²) in [6.07, 6.45) is 3.55. The Hall–Kier alpha value is -2.74. The number of nitrogens with two attached hydrogens (primary N) is 1. The standard InChI is InChI=1S/C20H18ClN5OS/c1-12(22)16(13-7-3-2-4-8-13)24-19(27)20-25-17(18(21)28-20)14-11-23-26-10-6-5-9-15(14)26/h2-12,16H,22H2,1H3,(H,24,27). The van der Waals surface area contributed by atoms with E-state index in [0.29, 0.717) is 10.0 Å². The minimum absolute atomic E-state index is 0.263. The number of halogens is 1. The molecule has 0 bridgehead atoms. The molecular weight excluding hydrogens is 394 g/mol. The molecule has 4 rings (SSSR count). The summed E-state index contributed by atoms with van der Waals surface area (Å²) >= 11 is 7.55. The summed E-state index contributed by atoms with van der Waals surface area (Å²) in [5.41, 5.74) is 9.25. The lowest BCUT2D eigenvalue weighted by atomic mass is 10.0. The molecule has 2 unspecified atom stereocenters. The highest BCUT2D eigenvalue weighted by Gasteiger charge is 2.23. The van der Waals surface area contributed by atoms with Gasteiger partial charge in [0.1, 0.15) is 10.0 Å². The molecule has 28 heavy (non-hydrogen) atoms. The number of benzene rings is 1. The maximum Gasteiger partial charge on any atom is 0.280 e. The molecule has 142 valence electrons. The van der Waals surface area contributed by atoms with Crippen LogP contribution in [-0.2, 0) is 0 Å². The largest absolute Gasteiger partial charge is 0.342 e. The zero-order valence-electron chi connectivity index (χ0n) is 15.0. The molecule has 0 aliphatic heterocycles. The molecule has 4 aromatic rings. The van der Waals surface area contributed by atoms with Gasteiger partial charge in [0.25, 0.3) is 5.91 Å². The molecular formula is C20H18ClN5OS. The van der Waals surface area contributed by atoms with Crippen LogP contribution >= 0.6 is 22.9 Å². The van der Waals surface area contributed by atoms with Crippen LogP contribution in [0.25, 0.3) is 16.8 Å². The monoisotopic (exact) mass is 411 g/mol. The summed E-state index contributed by atoms with van der Waals surface area (Å²) < 4.78 is 2.19. The quantitative estimate of drug-likeness (QED) is 0.521. The van der Waals surface area contributed by atoms with Gasteiger partial charge < -0.3 is 11.1 Å². The van der Waals surface area contributed by atoms with Crippen LogP contribution in [-0.4, -0.2) is 26.5 Å². The van der Waals surface area contributed by atoms with E-state index in [1.807, 2.05) is 61.7 Å². The van der Waals surface area contributed by atoms with Gasteiger partial charge in [0.15, 0.2) is 5.01 Å². The molecule has 0 aliphatic rings. The average molecular weight is 412 g/mol. The average Bonchev–Trinajstić information content (AvgIpc) is 3.29. The van der Waals surface area contributed by atoms with Gasteiger partial charge in [-0.2, -0.15) is 5.10 Å². The van der Waals surface area contributed by atoms with Gasteiger partial charge in [0.05, 0.1) is 17.8 Å². The Labute approximate surface area is 171 Å². The highest BCUT2D eigenvalue weighted by atomic mass is 35.5. The first-order chi connectivity index (χ1) is 13.5. The third-order valence-electron chi connectivity index (χ3n) is 4.43. The van der Waals surface area contributed by atoms with E-state index >= 15 is 0 Å². The van der Waals surface area contributed by atoms with Crippen LogP contribution in [0.1, 0.15) is 28.3 Å². The van der Waals surface area contributed by atoms with Crippen molar-refractivity contribution in [1.82, 2.24) is 19.9 Å². The molecule has 3 heterocycles. The van der Waals surface area contributed by atoms with Crippen molar-refractivity contribution in [3.8, 4) is 11.3 Å². The molecule has 8 heteroatoms. The van der Waals surface area contributed by atoms with Crippen molar-refractivity contribution in [2.75, 3.05) is 0 Å². The van der Waals surface area contributed by atoms with E-state index in [4.69, 9.17) is 17.3 Å². The minimum Gasteiger partial charge on any atom is -0.342 e. The molecule has 0 fully saturated rings. The van der Waals surface area contributed by atoms with Crippen LogP contribution in [0.4, 0.5) is 0 Å². The van der Waals surface area contributed by atoms with Crippen molar-refractivity contribution in [2.24, 2.45) is 5.73 Å². The summed E-state index contributed by atoms with van der Waals surface area (Å²) in [4.78, 5) is 17.3. The summed E-state index contributed by atoms with van der Waals surface area (Å²) in [6.45, 7) is 1.86. The Bertz CT molecular complexity index is 1120. The molecule has 3 aromatic heterocycles. The first-order valence-corrected chi connectivity index (χ1v) is 9.94. The van der Waals surface area contributed by atoms with Gasteiger partial charge in [0.2, 0.25) is 0 Å². The van der Waals surface area contributed by atoms with Crippen molar-refractivity contribution in [3.05, 3.63) is 75.8 Å². The Morgan fingerprint density at radius 1 is 1.21 bits per heavy atom. The van der Waals surface area contributed by atoms with Crippen molar-refractivity contribution in [3.63, 3.8) is 0 Å². The number of nitrogens with one attached hydrogen (secondary N) is 1. The fraction of sp³-hybridized carbons (Fsp3) is 0.150. The number of nitrogens with zero attached hydrogens (tertiary/aromatic N) is 3. The van der Waals surface area contributed by atoms with Crippen molar-refractivity contribution in [1.29, 1.82) is 0 Å². The molecule has 1 amide bonds. The molecule has 6 nitrogen and oxygen atoms in total. The first kappa shape index (κ1) is 18.6. The molecule has 0 spiro atoms. The third-order valence-corrected chi connectivity index (χ3v) is 5.69. The Morgan fingerprint density at radius 3 is 2.71 bits per heavy atom. The first-order valence-electron chi connectivity index (χ1n) is 8.75. The van der Waals surface area contributed by atoms with E-state index in [0.717, 1.165) is 28.0 Å². The highest BCUT2D eigenvalue weighted by Crippen LogP contribution is 2.35. The Balaban J connectivity index is 1.63. The summed E-state index contributed by atoms with van der Waals surface area (Å²) in [7, 11) is 0. The molecule has 0 saturated carbocycles. The second kappa shape index (κ2) is 7.71. The highest BCUT2D eigenvalue weighted by molar-refractivity contribution is 7.18. The maximum absolute atomic E-state index is 12.8. The molecule has 2 atom stereocenters. The summed E-state index contributed by atoms with van der Waals surface area (Å²) in [5, 5.41) is 7.57. The van der Waals surface area contributed by atoms with Crippen LogP contribution in [0.3, 0.4) is 0 Å². The number of aromatic nitrogens is 3. The number of amides is 1. The minimum atomic E-state index is -0.322. The Kier molecular flexibility index (Phi) is 5.13. The van der Waals surface area contributed by atoms with Gasteiger partial charge in [-0.3, -0.25) is 4.79 Å². The van der Waals surface area contributed by atoms with Crippen LogP contribution in [0, 0.1) is 0 Å². The van der Waals surface area contributed by atoms with Gasteiger partial charge in [0, 0.05) is 17.8 Å². The van der Waals surface area contributed by atoms with Crippen molar-refractivity contribution in [2.45, 2.75) is 19.0 Å². The zero-order valence-corrected chi connectivity index (χ0v) is 16.6. The van der Waals surface area contributed by atoms with E-state index in [1.165, 1.54) is 0 Å². The van der Waals surface area contributed by atoms with Crippen LogP contribution in [0.2, 0.25) is 4.34 Å². The second-order valence-corrected chi connectivity index (χ2v) is 8.05. The molecule has 3 N–H and O–H groups in total. The zero-order chi connectivity index (χ0) is 19.7. The summed E-state index contributed by atoms with van der Waals surface area (Å²) in [5.74, 6) is -0.305. The van der Waals surface area contributed by atoms with Gasteiger partial charge in [-0.25, -0.2) is 9.50 Å². The maximum atomic E-state index is 12.8. The summed E-state index contributed by atoms with van der Waals surface area (Å²) in [6, 6.07) is 14.8. The molecule has 0 saturated heterocycles. The van der Waals surface area contributed by atoms with Crippen molar-refractivity contribution >= 4 is 34.4 Å². The number of pyridine rings is 1. The predicted molar refractivity (Wildman–Crippen MR) is 112 cm³/mol. The fourth-order valence-corrected chi connectivity index (χ4v) is 4.14. The number of fused-ring (bicyclic) bond motifs is 1. The lowest BCUT2D eigenvalue weighted by molar-refractivity contribution is 0.0931. The van der Waals surface area contributed by atoms with E-state index in [1.54, 1.807) is 10.7 Å². The molecule has 0 aliphatic carbocycles. The number of carbonyl (C=O) groups is 1. The van der Waals surface area contributed by atoms with E-state index in [9.17, 15) is 4.79 Å². The molecule has 0 radical (unpaired) electrons. The normalized spacial score (nSPS) is 13.4. The van der Waals surface area contributed by atoms with Gasteiger partial charge in [-0.1, -0.05) is 59.3 Å². The van der Waals surface area contributed by atoms with E-state index in [-0.39, 0.29) is 23.0 Å². The van der Waals surface area contributed by atoms with Crippen LogP contribution in [0.15, 0.2) is 60.9 Å². The van der Waals surface area contributed by atoms with Crippen LogP contribution < -0.4 is 11.1 Å². The lowest BCUT2D eigenvalue weighted by Crippen LogP contribution is -2.39. The topological polar surface area (TPSA) is 85.3 Å². The Morgan fingerprint density at radius 2 is 1.96 bits per heavy atom. The van der Waals surface area contributed by atoms with Gasteiger partial charge in [-0.15, -0.1) is 0 Å². The number of rotatable bonds is 5. The SMILES string of the molecule is CC(N)C(NC(=O)c1nc(-c2cnn3ccccc23)c(Cl)s1)c1ccccc1. The predicted octanol–water partition coefficient (Wildman–Crippen LogP) is 3.93. The second-order valence-electron chi connectivity index (χ2n) is 6.45. The third kappa shape index (κ3) is 3.52. The number of carbonyl (C=O) groups excluding carboxylic acids is 1. The van der Waals surface area contributed by atoms with E-state index < -0.39 is 0 Å². The van der Waals surface area contributed by atoms with Crippen molar-refractivity contribution < 1.29 is 4.79 Å². The van der Waals surface area contributed by atoms with E-state index in [2.05, 4.69) is 15.4 Å². The van der Waals surface area contributed by atoms with Gasteiger partial charge in [-0.05, 0) is 24.6 Å².